The lowest BCUT2D eigenvalue weighted by Crippen LogP contribution is -2.14. The lowest BCUT2D eigenvalue weighted by molar-refractivity contribution is -0.131. The second-order valence-electron chi connectivity index (χ2n) is 5.86. The van der Waals surface area contributed by atoms with Gasteiger partial charge in [-0.2, -0.15) is 9.61 Å². The van der Waals surface area contributed by atoms with Crippen molar-refractivity contribution in [2.45, 2.75) is 6.92 Å². The molecule has 0 saturated carbocycles. The van der Waals surface area contributed by atoms with E-state index in [4.69, 9.17) is 4.74 Å². The number of benzene rings is 1. The largest absolute Gasteiger partial charge is 0.427 e. The molecule has 3 heterocycles. The van der Waals surface area contributed by atoms with E-state index in [-0.39, 0.29) is 5.56 Å². The Morgan fingerprint density at radius 1 is 1.18 bits per heavy atom. The van der Waals surface area contributed by atoms with Crippen molar-refractivity contribution in [2.75, 3.05) is 0 Å². The first-order valence-electron chi connectivity index (χ1n) is 8.36. The predicted octanol–water partition coefficient (Wildman–Crippen LogP) is 3.31. The summed E-state index contributed by atoms with van der Waals surface area (Å²) < 4.78 is 6.37. The number of hydrogen-bond donors (Lipinski definition) is 0. The van der Waals surface area contributed by atoms with Crippen LogP contribution in [0.3, 0.4) is 0 Å². The lowest BCUT2D eigenvalue weighted by atomic mass is 10.2. The van der Waals surface area contributed by atoms with Crippen LogP contribution in [0.25, 0.3) is 27.7 Å². The second-order valence-corrected chi connectivity index (χ2v) is 6.82. The summed E-state index contributed by atoms with van der Waals surface area (Å²) in [5.74, 6) is 0.0223. The van der Waals surface area contributed by atoms with Gasteiger partial charge in [-0.1, -0.05) is 35.6 Å². The first-order valence-corrected chi connectivity index (χ1v) is 9.18. The van der Waals surface area contributed by atoms with Crippen LogP contribution >= 0.6 is 11.3 Å². The third-order valence-corrected chi connectivity index (χ3v) is 4.70. The Balaban J connectivity index is 1.70. The van der Waals surface area contributed by atoms with Gasteiger partial charge in [0.2, 0.25) is 4.96 Å². The van der Waals surface area contributed by atoms with Crippen LogP contribution in [-0.2, 0) is 4.79 Å². The molecule has 4 rings (SSSR count). The monoisotopic (exact) mass is 390 g/mol. The molecule has 0 unspecified atom stereocenters. The zero-order valence-corrected chi connectivity index (χ0v) is 15.6. The second kappa shape index (κ2) is 7.53. The molecule has 0 aliphatic rings. The Morgan fingerprint density at radius 2 is 2.07 bits per heavy atom. The highest BCUT2D eigenvalue weighted by Gasteiger charge is 2.11. The number of rotatable bonds is 4. The molecule has 0 saturated heterocycles. The zero-order valence-electron chi connectivity index (χ0n) is 14.8. The molecule has 0 aliphatic heterocycles. The van der Waals surface area contributed by atoms with Crippen molar-refractivity contribution in [1.29, 1.82) is 0 Å². The van der Waals surface area contributed by atoms with E-state index in [0.29, 0.717) is 21.4 Å². The van der Waals surface area contributed by atoms with Crippen LogP contribution in [0.2, 0.25) is 0 Å². The summed E-state index contributed by atoms with van der Waals surface area (Å²) in [6.07, 6.45) is 7.03. The number of hydrogen-bond acceptors (Lipinski definition) is 7. The highest BCUT2D eigenvalue weighted by atomic mass is 32.1. The summed E-state index contributed by atoms with van der Waals surface area (Å²) in [5.41, 5.74) is 1.92. The average Bonchev–Trinajstić information content (AvgIpc) is 3.12. The molecule has 0 fully saturated rings. The van der Waals surface area contributed by atoms with Crippen LogP contribution in [0.5, 0.6) is 5.75 Å². The van der Waals surface area contributed by atoms with Crippen molar-refractivity contribution < 1.29 is 9.53 Å². The van der Waals surface area contributed by atoms with E-state index in [9.17, 15) is 9.59 Å². The van der Waals surface area contributed by atoms with Crippen molar-refractivity contribution in [1.82, 2.24) is 19.6 Å². The van der Waals surface area contributed by atoms with Crippen molar-refractivity contribution in [2.24, 2.45) is 0 Å². The topological polar surface area (TPSA) is 86.5 Å². The highest BCUT2D eigenvalue weighted by Crippen LogP contribution is 2.27. The standard InChI is InChI=1S/C20H14N4O3S/c1-13(25)27-17-6-2-5-15(10-17)19-23-24-18(26)11-16(22-20(24)28-19)8-7-14-4-3-9-21-12-14/h2-12H,1H3. The molecule has 0 bridgehead atoms. The van der Waals surface area contributed by atoms with Gasteiger partial charge in [-0.05, 0) is 29.8 Å². The summed E-state index contributed by atoms with van der Waals surface area (Å²) in [6.45, 7) is 1.34. The normalized spacial score (nSPS) is 11.2. The molecule has 0 amide bonds. The van der Waals surface area contributed by atoms with E-state index in [2.05, 4.69) is 15.1 Å². The third-order valence-electron chi connectivity index (χ3n) is 3.74. The minimum atomic E-state index is -0.399. The van der Waals surface area contributed by atoms with Gasteiger partial charge >= 0.3 is 5.97 Å². The molecule has 0 N–H and O–H groups in total. The number of ether oxygens (including phenoxy) is 1. The zero-order chi connectivity index (χ0) is 19.5. The Kier molecular flexibility index (Phi) is 4.77. The van der Waals surface area contributed by atoms with Crippen molar-refractivity contribution in [3.8, 4) is 16.3 Å². The molecule has 0 aliphatic carbocycles. The van der Waals surface area contributed by atoms with Crippen LogP contribution in [0, 0.1) is 0 Å². The minimum absolute atomic E-state index is 0.269. The number of nitrogens with zero attached hydrogens (tertiary/aromatic N) is 4. The molecule has 7 nitrogen and oxygen atoms in total. The fraction of sp³-hybridized carbons (Fsp3) is 0.0500. The third kappa shape index (κ3) is 3.86. The van der Waals surface area contributed by atoms with Gasteiger partial charge in [-0.25, -0.2) is 4.98 Å². The summed E-state index contributed by atoms with van der Waals surface area (Å²) >= 11 is 1.28. The molecule has 4 aromatic rings. The molecule has 8 heteroatoms. The van der Waals surface area contributed by atoms with E-state index < -0.39 is 5.97 Å². The van der Waals surface area contributed by atoms with Crippen LogP contribution in [-0.4, -0.2) is 25.6 Å². The minimum Gasteiger partial charge on any atom is -0.427 e. The highest BCUT2D eigenvalue weighted by molar-refractivity contribution is 7.19. The van der Waals surface area contributed by atoms with Gasteiger partial charge in [0.15, 0.2) is 0 Å². The SMILES string of the molecule is CC(=O)Oc1cccc(-c2nn3c(=O)cc(C=Cc4cccnc4)nc3s2)c1. The Morgan fingerprint density at radius 3 is 2.86 bits per heavy atom. The number of carbonyl (C=O) groups excluding carboxylic acids is 1. The fourth-order valence-corrected chi connectivity index (χ4v) is 3.45. The Bertz CT molecular complexity index is 1250. The molecule has 0 atom stereocenters. The first-order chi connectivity index (χ1) is 13.6. The van der Waals surface area contributed by atoms with Crippen molar-refractivity contribution >= 4 is 34.4 Å². The van der Waals surface area contributed by atoms with Crippen LogP contribution in [0.1, 0.15) is 18.2 Å². The maximum atomic E-state index is 12.4. The lowest BCUT2D eigenvalue weighted by Gasteiger charge is -2.01. The van der Waals surface area contributed by atoms with Crippen LogP contribution < -0.4 is 10.3 Å². The summed E-state index contributed by atoms with van der Waals surface area (Å²) in [5, 5.41) is 4.95. The molecule has 1 aromatic carbocycles. The van der Waals surface area contributed by atoms with Gasteiger partial charge < -0.3 is 4.74 Å². The number of esters is 1. The maximum Gasteiger partial charge on any atom is 0.308 e. The number of pyridine rings is 1. The molecular formula is C20H14N4O3S. The van der Waals surface area contributed by atoms with Gasteiger partial charge in [0.25, 0.3) is 5.56 Å². The van der Waals surface area contributed by atoms with Crippen molar-refractivity contribution in [3.63, 3.8) is 0 Å². The van der Waals surface area contributed by atoms with Gasteiger partial charge in [-0.3, -0.25) is 14.6 Å². The number of fused-ring (bicyclic) bond motifs is 1. The Hall–Kier alpha value is -3.65. The van der Waals surface area contributed by atoms with E-state index in [1.807, 2.05) is 24.3 Å². The number of carbonyl (C=O) groups is 1. The van der Waals surface area contributed by atoms with E-state index in [1.54, 1.807) is 36.7 Å². The average molecular weight is 390 g/mol. The maximum absolute atomic E-state index is 12.4. The summed E-state index contributed by atoms with van der Waals surface area (Å²) in [7, 11) is 0. The first kappa shape index (κ1) is 17.7. The molecular weight excluding hydrogens is 376 g/mol. The van der Waals surface area contributed by atoms with Gasteiger partial charge in [0.1, 0.15) is 10.8 Å². The fourth-order valence-electron chi connectivity index (χ4n) is 2.54. The number of aromatic nitrogens is 4. The van der Waals surface area contributed by atoms with Crippen LogP contribution in [0.4, 0.5) is 0 Å². The Labute approximate surface area is 163 Å². The summed E-state index contributed by atoms with van der Waals surface area (Å²) in [6, 6.07) is 12.2. The molecule has 138 valence electrons. The van der Waals surface area contributed by atoms with Gasteiger partial charge in [0, 0.05) is 30.9 Å². The quantitative estimate of drug-likeness (QED) is 0.392. The molecule has 0 spiro atoms. The van der Waals surface area contributed by atoms with Gasteiger partial charge in [0.05, 0.1) is 5.69 Å². The van der Waals surface area contributed by atoms with E-state index in [0.717, 1.165) is 11.1 Å². The summed E-state index contributed by atoms with van der Waals surface area (Å²) in [4.78, 5) is 32.6. The van der Waals surface area contributed by atoms with Crippen LogP contribution in [0.15, 0.2) is 59.7 Å². The van der Waals surface area contributed by atoms with Crippen molar-refractivity contribution in [3.05, 3.63) is 76.5 Å². The predicted molar refractivity (Wildman–Crippen MR) is 107 cm³/mol. The molecule has 3 aromatic heterocycles. The van der Waals surface area contributed by atoms with E-state index in [1.165, 1.54) is 28.8 Å². The molecule has 0 radical (unpaired) electrons. The van der Waals surface area contributed by atoms with E-state index >= 15 is 0 Å². The molecule has 28 heavy (non-hydrogen) atoms. The van der Waals surface area contributed by atoms with Gasteiger partial charge in [-0.15, -0.1) is 0 Å². The smallest absolute Gasteiger partial charge is 0.308 e.